The van der Waals surface area contributed by atoms with Crippen molar-refractivity contribution in [2.24, 2.45) is 0 Å². The summed E-state index contributed by atoms with van der Waals surface area (Å²) in [5, 5.41) is 0. The van der Waals surface area contributed by atoms with E-state index in [0.717, 1.165) is 11.3 Å². The van der Waals surface area contributed by atoms with Crippen LogP contribution >= 0.6 is 0 Å². The molecular weight excluding hydrogens is 178 g/mol. The quantitative estimate of drug-likeness (QED) is 0.673. The van der Waals surface area contributed by atoms with Crippen LogP contribution in [0.1, 0.15) is 25.1 Å². The number of hydrogen-bond acceptors (Lipinski definition) is 3. The molecule has 0 fully saturated rings. The maximum atomic E-state index is 11.5. The zero-order valence-corrected chi connectivity index (χ0v) is 9.00. The van der Waals surface area contributed by atoms with Crippen LogP contribution in [0.5, 0.6) is 0 Å². The Morgan fingerprint density at radius 2 is 2.07 bits per heavy atom. The predicted octanol–water partition coefficient (Wildman–Crippen LogP) is 1.84. The highest BCUT2D eigenvalue weighted by molar-refractivity contribution is 5.81. The molecule has 0 saturated heterocycles. The van der Waals surface area contributed by atoms with Crippen molar-refractivity contribution < 1.29 is 9.53 Å². The molecule has 0 aliphatic heterocycles. The molecule has 0 saturated carbocycles. The lowest BCUT2D eigenvalue weighted by Crippen LogP contribution is -2.30. The van der Waals surface area contributed by atoms with Crippen LogP contribution in [0.3, 0.4) is 0 Å². The van der Waals surface area contributed by atoms with Crippen LogP contribution in [0, 0.1) is 6.92 Å². The highest BCUT2D eigenvalue weighted by Gasteiger charge is 2.30. The van der Waals surface area contributed by atoms with E-state index in [0.29, 0.717) is 0 Å². The van der Waals surface area contributed by atoms with Crippen molar-refractivity contribution in [3.8, 4) is 0 Å². The number of pyridine rings is 1. The highest BCUT2D eigenvalue weighted by Crippen LogP contribution is 2.23. The van der Waals surface area contributed by atoms with Crippen molar-refractivity contribution in [3.63, 3.8) is 0 Å². The first-order chi connectivity index (χ1) is 6.48. The van der Waals surface area contributed by atoms with E-state index in [1.807, 2.05) is 32.9 Å². The Hall–Kier alpha value is -1.38. The molecule has 76 valence electrons. The monoisotopic (exact) mass is 193 g/mol. The summed E-state index contributed by atoms with van der Waals surface area (Å²) < 4.78 is 4.73. The minimum Gasteiger partial charge on any atom is -0.468 e. The minimum absolute atomic E-state index is 0.247. The first-order valence-electron chi connectivity index (χ1n) is 4.50. The van der Waals surface area contributed by atoms with Gasteiger partial charge in [-0.05, 0) is 32.4 Å². The normalized spacial score (nSPS) is 11.1. The van der Waals surface area contributed by atoms with E-state index < -0.39 is 5.41 Å². The van der Waals surface area contributed by atoms with E-state index in [1.54, 1.807) is 6.20 Å². The van der Waals surface area contributed by atoms with Gasteiger partial charge < -0.3 is 4.74 Å². The molecule has 0 atom stereocenters. The maximum Gasteiger partial charge on any atom is 0.315 e. The fraction of sp³-hybridized carbons (Fsp3) is 0.455. The van der Waals surface area contributed by atoms with Crippen LogP contribution in [0.15, 0.2) is 18.3 Å². The summed E-state index contributed by atoms with van der Waals surface area (Å²) in [5.41, 5.74) is 1.18. The number of rotatable bonds is 2. The Morgan fingerprint density at radius 3 is 2.50 bits per heavy atom. The van der Waals surface area contributed by atoms with Crippen LogP contribution in [-0.2, 0) is 14.9 Å². The Labute approximate surface area is 84.1 Å². The molecule has 1 heterocycles. The number of esters is 1. The van der Waals surface area contributed by atoms with Gasteiger partial charge in [0.25, 0.3) is 0 Å². The van der Waals surface area contributed by atoms with E-state index in [1.165, 1.54) is 7.11 Å². The van der Waals surface area contributed by atoms with Crippen LogP contribution in [-0.4, -0.2) is 18.1 Å². The fourth-order valence-corrected chi connectivity index (χ4v) is 1.21. The number of methoxy groups -OCH3 is 1. The summed E-state index contributed by atoms with van der Waals surface area (Å²) in [6, 6.07) is 3.79. The van der Waals surface area contributed by atoms with E-state index in [4.69, 9.17) is 4.74 Å². The van der Waals surface area contributed by atoms with Crippen molar-refractivity contribution in [2.45, 2.75) is 26.2 Å². The summed E-state index contributed by atoms with van der Waals surface area (Å²) in [7, 11) is 1.39. The molecule has 0 radical (unpaired) electrons. The van der Waals surface area contributed by atoms with Crippen molar-refractivity contribution in [3.05, 3.63) is 29.6 Å². The predicted molar refractivity (Wildman–Crippen MR) is 54.0 cm³/mol. The van der Waals surface area contributed by atoms with Crippen molar-refractivity contribution >= 4 is 5.97 Å². The molecule has 0 N–H and O–H groups in total. The standard InChI is InChI=1S/C11H15NO2/c1-8-5-6-9(7-12-8)11(2,3)10(13)14-4/h5-7H,1-4H3. The highest BCUT2D eigenvalue weighted by atomic mass is 16.5. The number of nitrogens with zero attached hydrogens (tertiary/aromatic N) is 1. The lowest BCUT2D eigenvalue weighted by molar-refractivity contribution is -0.146. The molecule has 1 aromatic rings. The molecule has 14 heavy (non-hydrogen) atoms. The SMILES string of the molecule is COC(=O)C(C)(C)c1ccc(C)nc1. The summed E-state index contributed by atoms with van der Waals surface area (Å²) in [4.78, 5) is 15.6. The number of carbonyl (C=O) groups excluding carboxylic acids is 1. The van der Waals surface area contributed by atoms with Crippen molar-refractivity contribution in [2.75, 3.05) is 7.11 Å². The smallest absolute Gasteiger partial charge is 0.315 e. The molecule has 0 amide bonds. The van der Waals surface area contributed by atoms with Gasteiger partial charge in [0.1, 0.15) is 0 Å². The number of aromatic nitrogens is 1. The lowest BCUT2D eigenvalue weighted by Gasteiger charge is -2.21. The van der Waals surface area contributed by atoms with Gasteiger partial charge in [0.15, 0.2) is 0 Å². The number of carbonyl (C=O) groups is 1. The van der Waals surface area contributed by atoms with E-state index in [9.17, 15) is 4.79 Å². The summed E-state index contributed by atoms with van der Waals surface area (Å²) in [6.07, 6.45) is 1.71. The molecule has 3 nitrogen and oxygen atoms in total. The lowest BCUT2D eigenvalue weighted by atomic mass is 9.86. The van der Waals surface area contributed by atoms with Gasteiger partial charge in [-0.3, -0.25) is 9.78 Å². The number of hydrogen-bond donors (Lipinski definition) is 0. The molecule has 0 aliphatic carbocycles. The maximum absolute atomic E-state index is 11.5. The Bertz CT molecular complexity index is 328. The first kappa shape index (κ1) is 10.7. The average molecular weight is 193 g/mol. The second-order valence-electron chi connectivity index (χ2n) is 3.80. The van der Waals surface area contributed by atoms with Crippen molar-refractivity contribution in [1.82, 2.24) is 4.98 Å². The van der Waals surface area contributed by atoms with E-state index in [-0.39, 0.29) is 5.97 Å². The molecule has 0 unspecified atom stereocenters. The zero-order valence-electron chi connectivity index (χ0n) is 9.00. The van der Waals surface area contributed by atoms with Gasteiger partial charge >= 0.3 is 5.97 Å². The largest absolute Gasteiger partial charge is 0.468 e. The van der Waals surface area contributed by atoms with E-state index >= 15 is 0 Å². The number of aryl methyl sites for hydroxylation is 1. The first-order valence-corrected chi connectivity index (χ1v) is 4.50. The Kier molecular flexibility index (Phi) is 2.89. The van der Waals surface area contributed by atoms with Crippen LogP contribution in [0.2, 0.25) is 0 Å². The molecule has 3 heteroatoms. The van der Waals surface area contributed by atoms with Crippen LogP contribution in [0.4, 0.5) is 0 Å². The van der Waals surface area contributed by atoms with Gasteiger partial charge in [-0.25, -0.2) is 0 Å². The molecule has 1 rings (SSSR count). The van der Waals surface area contributed by atoms with Gasteiger partial charge in [0, 0.05) is 11.9 Å². The molecule has 0 bridgehead atoms. The third kappa shape index (κ3) is 1.92. The summed E-state index contributed by atoms with van der Waals surface area (Å²) >= 11 is 0. The van der Waals surface area contributed by atoms with Crippen LogP contribution < -0.4 is 0 Å². The van der Waals surface area contributed by atoms with Crippen molar-refractivity contribution in [1.29, 1.82) is 0 Å². The van der Waals surface area contributed by atoms with Gasteiger partial charge in [0.2, 0.25) is 0 Å². The second kappa shape index (κ2) is 3.78. The van der Waals surface area contributed by atoms with Gasteiger partial charge in [-0.2, -0.15) is 0 Å². The molecule has 0 aliphatic rings. The minimum atomic E-state index is -0.630. The van der Waals surface area contributed by atoms with Gasteiger partial charge in [-0.15, -0.1) is 0 Å². The summed E-state index contributed by atoms with van der Waals surface area (Å²) in [6.45, 7) is 5.56. The van der Waals surface area contributed by atoms with Crippen LogP contribution in [0.25, 0.3) is 0 Å². The average Bonchev–Trinajstić information content (AvgIpc) is 2.17. The Balaban J connectivity index is 3.03. The van der Waals surface area contributed by atoms with Gasteiger partial charge in [-0.1, -0.05) is 6.07 Å². The molecule has 0 spiro atoms. The topological polar surface area (TPSA) is 39.2 Å². The molecular formula is C11H15NO2. The summed E-state index contributed by atoms with van der Waals surface area (Å²) in [5.74, 6) is -0.247. The Morgan fingerprint density at radius 1 is 1.43 bits per heavy atom. The van der Waals surface area contributed by atoms with E-state index in [2.05, 4.69) is 4.98 Å². The number of ether oxygens (including phenoxy) is 1. The molecule has 1 aromatic heterocycles. The second-order valence-corrected chi connectivity index (χ2v) is 3.80. The van der Waals surface area contributed by atoms with Gasteiger partial charge in [0.05, 0.1) is 12.5 Å². The third-order valence-electron chi connectivity index (χ3n) is 2.33. The zero-order chi connectivity index (χ0) is 10.8. The fourth-order valence-electron chi connectivity index (χ4n) is 1.21. The molecule has 0 aromatic carbocycles. The third-order valence-corrected chi connectivity index (χ3v) is 2.33.